The Bertz CT molecular complexity index is 726. The first-order valence-electron chi connectivity index (χ1n) is 8.56. The van der Waals surface area contributed by atoms with Gasteiger partial charge < -0.3 is 15.7 Å². The van der Waals surface area contributed by atoms with Crippen LogP contribution in [0.5, 0.6) is 0 Å². The molecule has 1 aromatic carbocycles. The standard InChI is InChI=1S/C19H24N4O2/c1-14(21-19(25)22-18-8-7-16(9-18)13-24)17-10-20-23(12-17)11-15-5-3-2-4-6-15/h2-8,10,12,14,16,18,24H,9,11,13H2,1H3,(H2,21,22,25)/t14-,16+,18-/m1/s1. The summed E-state index contributed by atoms with van der Waals surface area (Å²) in [6, 6.07) is 9.76. The van der Waals surface area contributed by atoms with Crippen LogP contribution in [0.2, 0.25) is 0 Å². The summed E-state index contributed by atoms with van der Waals surface area (Å²) in [5.74, 6) is 0.138. The van der Waals surface area contributed by atoms with Gasteiger partial charge in [0.05, 0.1) is 18.8 Å². The average Bonchev–Trinajstić information content (AvgIpc) is 3.25. The van der Waals surface area contributed by atoms with Gasteiger partial charge in [0.25, 0.3) is 0 Å². The second-order valence-corrected chi connectivity index (χ2v) is 6.47. The van der Waals surface area contributed by atoms with Crippen LogP contribution in [0.25, 0.3) is 0 Å². The van der Waals surface area contributed by atoms with Crippen molar-refractivity contribution in [1.82, 2.24) is 20.4 Å². The van der Waals surface area contributed by atoms with E-state index in [0.29, 0.717) is 6.54 Å². The second kappa shape index (κ2) is 7.98. The Kier molecular flexibility index (Phi) is 5.50. The number of aliphatic hydroxyl groups excluding tert-OH is 1. The van der Waals surface area contributed by atoms with Crippen LogP contribution in [0.3, 0.4) is 0 Å². The van der Waals surface area contributed by atoms with E-state index in [1.54, 1.807) is 6.20 Å². The van der Waals surface area contributed by atoms with Crippen molar-refractivity contribution in [3.05, 3.63) is 66.0 Å². The summed E-state index contributed by atoms with van der Waals surface area (Å²) in [6.45, 7) is 2.76. The predicted molar refractivity (Wildman–Crippen MR) is 96.0 cm³/mol. The fraction of sp³-hybridized carbons (Fsp3) is 0.368. The van der Waals surface area contributed by atoms with Crippen molar-refractivity contribution in [1.29, 1.82) is 0 Å². The van der Waals surface area contributed by atoms with Crippen LogP contribution in [0.1, 0.15) is 30.5 Å². The highest BCUT2D eigenvalue weighted by atomic mass is 16.3. The lowest BCUT2D eigenvalue weighted by Crippen LogP contribution is -2.41. The topological polar surface area (TPSA) is 79.2 Å². The first-order chi connectivity index (χ1) is 12.1. The number of benzene rings is 1. The van der Waals surface area contributed by atoms with Gasteiger partial charge in [0, 0.05) is 30.3 Å². The van der Waals surface area contributed by atoms with Crippen LogP contribution in [0.4, 0.5) is 4.79 Å². The molecule has 1 aliphatic carbocycles. The summed E-state index contributed by atoms with van der Waals surface area (Å²) in [6.07, 6.45) is 8.36. The highest BCUT2D eigenvalue weighted by Gasteiger charge is 2.20. The first-order valence-corrected chi connectivity index (χ1v) is 8.56. The third kappa shape index (κ3) is 4.70. The molecule has 3 atom stereocenters. The summed E-state index contributed by atoms with van der Waals surface area (Å²) in [5.41, 5.74) is 2.14. The van der Waals surface area contributed by atoms with Gasteiger partial charge in [0.1, 0.15) is 0 Å². The molecular weight excluding hydrogens is 316 g/mol. The Morgan fingerprint density at radius 2 is 2.16 bits per heavy atom. The number of carbonyl (C=O) groups is 1. The minimum absolute atomic E-state index is 0.0230. The molecule has 6 heteroatoms. The average molecular weight is 340 g/mol. The molecule has 3 N–H and O–H groups in total. The van der Waals surface area contributed by atoms with E-state index in [1.165, 1.54) is 5.56 Å². The van der Waals surface area contributed by atoms with Crippen LogP contribution in [0.15, 0.2) is 54.9 Å². The van der Waals surface area contributed by atoms with Gasteiger partial charge in [0.15, 0.2) is 0 Å². The summed E-state index contributed by atoms with van der Waals surface area (Å²) in [7, 11) is 0. The number of aromatic nitrogens is 2. The Balaban J connectivity index is 1.50. The smallest absolute Gasteiger partial charge is 0.315 e. The third-order valence-corrected chi connectivity index (χ3v) is 4.41. The molecule has 2 aromatic rings. The summed E-state index contributed by atoms with van der Waals surface area (Å²) < 4.78 is 1.87. The molecule has 0 spiro atoms. The van der Waals surface area contributed by atoms with E-state index < -0.39 is 0 Å². The molecule has 1 aliphatic rings. The van der Waals surface area contributed by atoms with Crippen molar-refractivity contribution in [2.24, 2.45) is 5.92 Å². The lowest BCUT2D eigenvalue weighted by atomic mass is 10.1. The Labute approximate surface area is 147 Å². The predicted octanol–water partition coefficient (Wildman–Crippen LogP) is 2.23. The van der Waals surface area contributed by atoms with E-state index in [9.17, 15) is 4.79 Å². The van der Waals surface area contributed by atoms with Crippen LogP contribution >= 0.6 is 0 Å². The van der Waals surface area contributed by atoms with Crippen molar-refractivity contribution >= 4 is 6.03 Å². The fourth-order valence-electron chi connectivity index (χ4n) is 2.97. The molecule has 1 heterocycles. The molecule has 0 fully saturated rings. The molecule has 0 aliphatic heterocycles. The van der Waals surface area contributed by atoms with Crippen molar-refractivity contribution in [3.63, 3.8) is 0 Å². The number of nitrogens with zero attached hydrogens (tertiary/aromatic N) is 2. The number of nitrogens with one attached hydrogen (secondary N) is 2. The molecule has 1 aromatic heterocycles. The van der Waals surface area contributed by atoms with Crippen LogP contribution < -0.4 is 10.6 Å². The van der Waals surface area contributed by atoms with Gasteiger partial charge in [-0.05, 0) is 18.9 Å². The second-order valence-electron chi connectivity index (χ2n) is 6.47. The first kappa shape index (κ1) is 17.2. The van der Waals surface area contributed by atoms with Crippen molar-refractivity contribution in [3.8, 4) is 0 Å². The molecule has 0 unspecified atom stereocenters. The van der Waals surface area contributed by atoms with Crippen molar-refractivity contribution < 1.29 is 9.90 Å². The Morgan fingerprint density at radius 1 is 1.36 bits per heavy atom. The molecule has 0 saturated heterocycles. The molecule has 0 saturated carbocycles. The van der Waals surface area contributed by atoms with E-state index in [1.807, 2.05) is 48.2 Å². The zero-order valence-corrected chi connectivity index (χ0v) is 14.3. The zero-order chi connectivity index (χ0) is 17.6. The summed E-state index contributed by atoms with van der Waals surface area (Å²) in [4.78, 5) is 12.1. The van der Waals surface area contributed by atoms with Crippen LogP contribution in [0, 0.1) is 5.92 Å². The molecule has 2 amide bonds. The lowest BCUT2D eigenvalue weighted by molar-refractivity contribution is 0.229. The molecule has 6 nitrogen and oxygen atoms in total. The molecule has 132 valence electrons. The number of carbonyl (C=O) groups excluding carboxylic acids is 1. The van der Waals surface area contributed by atoms with E-state index in [-0.39, 0.29) is 30.6 Å². The number of urea groups is 1. The lowest BCUT2D eigenvalue weighted by Gasteiger charge is -2.17. The van der Waals surface area contributed by atoms with Gasteiger partial charge >= 0.3 is 6.03 Å². The van der Waals surface area contributed by atoms with E-state index >= 15 is 0 Å². The quantitative estimate of drug-likeness (QED) is 0.706. The highest BCUT2D eigenvalue weighted by Crippen LogP contribution is 2.17. The molecular formula is C19H24N4O2. The van der Waals surface area contributed by atoms with E-state index in [4.69, 9.17) is 5.11 Å². The fourth-order valence-corrected chi connectivity index (χ4v) is 2.97. The highest BCUT2D eigenvalue weighted by molar-refractivity contribution is 5.75. The Hall–Kier alpha value is -2.60. The summed E-state index contributed by atoms with van der Waals surface area (Å²) in [5, 5.41) is 19.3. The maximum Gasteiger partial charge on any atom is 0.315 e. The number of rotatable bonds is 6. The number of amides is 2. The minimum Gasteiger partial charge on any atom is -0.396 e. The molecule has 0 radical (unpaired) electrons. The largest absolute Gasteiger partial charge is 0.396 e. The van der Waals surface area contributed by atoms with Gasteiger partial charge in [-0.2, -0.15) is 5.10 Å². The third-order valence-electron chi connectivity index (χ3n) is 4.41. The molecule has 25 heavy (non-hydrogen) atoms. The van der Waals surface area contributed by atoms with Gasteiger partial charge in [-0.25, -0.2) is 4.79 Å². The van der Waals surface area contributed by atoms with Crippen LogP contribution in [-0.2, 0) is 6.54 Å². The van der Waals surface area contributed by atoms with Crippen molar-refractivity contribution in [2.45, 2.75) is 32.0 Å². The zero-order valence-electron chi connectivity index (χ0n) is 14.3. The SMILES string of the molecule is C[C@@H](NC(=O)N[C@@H]1C=C[C@H](CO)C1)c1cnn(Cc2ccccc2)c1. The number of aliphatic hydroxyl groups is 1. The van der Waals surface area contributed by atoms with Gasteiger partial charge in [0.2, 0.25) is 0 Å². The van der Waals surface area contributed by atoms with Crippen molar-refractivity contribution in [2.75, 3.05) is 6.61 Å². The maximum absolute atomic E-state index is 12.1. The monoisotopic (exact) mass is 340 g/mol. The van der Waals surface area contributed by atoms with Crippen LogP contribution in [-0.4, -0.2) is 33.6 Å². The minimum atomic E-state index is -0.212. The molecule has 3 rings (SSSR count). The van der Waals surface area contributed by atoms with Gasteiger partial charge in [-0.3, -0.25) is 4.68 Å². The number of hydrogen-bond acceptors (Lipinski definition) is 3. The summed E-state index contributed by atoms with van der Waals surface area (Å²) >= 11 is 0. The number of hydrogen-bond donors (Lipinski definition) is 3. The maximum atomic E-state index is 12.1. The Morgan fingerprint density at radius 3 is 2.88 bits per heavy atom. The van der Waals surface area contributed by atoms with E-state index in [0.717, 1.165) is 12.0 Å². The van der Waals surface area contributed by atoms with E-state index in [2.05, 4.69) is 27.9 Å². The molecule has 0 bridgehead atoms. The van der Waals surface area contributed by atoms with Gasteiger partial charge in [-0.15, -0.1) is 0 Å². The normalized spacial score (nSPS) is 20.4. The van der Waals surface area contributed by atoms with Gasteiger partial charge in [-0.1, -0.05) is 42.5 Å².